The summed E-state index contributed by atoms with van der Waals surface area (Å²) in [5.74, 6) is 0.576. The fourth-order valence-corrected chi connectivity index (χ4v) is 1.99. The van der Waals surface area contributed by atoms with E-state index in [2.05, 4.69) is 15.4 Å². The van der Waals surface area contributed by atoms with E-state index < -0.39 is 0 Å². The summed E-state index contributed by atoms with van der Waals surface area (Å²) in [4.78, 5) is 2.34. The maximum Gasteiger partial charge on any atom is 0.161 e. The molecular weight excluding hydrogens is 258 g/mol. The zero-order chi connectivity index (χ0) is 14.2. The van der Waals surface area contributed by atoms with E-state index in [4.69, 9.17) is 9.47 Å². The first-order valence-electron chi connectivity index (χ1n) is 6.72. The Morgan fingerprint density at radius 3 is 3.00 bits per heavy atom. The van der Waals surface area contributed by atoms with Gasteiger partial charge in [-0.25, -0.2) is 0 Å². The van der Waals surface area contributed by atoms with E-state index in [-0.39, 0.29) is 5.75 Å². The van der Waals surface area contributed by atoms with Crippen molar-refractivity contribution in [1.82, 2.24) is 10.3 Å². The number of benzene rings is 1. The van der Waals surface area contributed by atoms with Crippen LogP contribution in [-0.2, 0) is 4.74 Å². The van der Waals surface area contributed by atoms with Gasteiger partial charge in [-0.15, -0.1) is 0 Å². The zero-order valence-electron chi connectivity index (χ0n) is 11.7. The molecule has 0 unspecified atom stereocenters. The SMILES string of the molecule is COc1cc(C=NNCCN2CCOCC2)ccc1O. The molecule has 0 aromatic heterocycles. The van der Waals surface area contributed by atoms with Crippen LogP contribution in [0.2, 0.25) is 0 Å². The lowest BCUT2D eigenvalue weighted by Crippen LogP contribution is -2.39. The number of phenolic OH excluding ortho intramolecular Hbond substituents is 1. The molecule has 20 heavy (non-hydrogen) atoms. The molecule has 0 radical (unpaired) electrons. The van der Waals surface area contributed by atoms with E-state index in [1.165, 1.54) is 7.11 Å². The number of rotatable bonds is 6. The minimum Gasteiger partial charge on any atom is -0.504 e. The van der Waals surface area contributed by atoms with E-state index in [0.717, 1.165) is 45.0 Å². The minimum atomic E-state index is 0.130. The lowest BCUT2D eigenvalue weighted by molar-refractivity contribution is 0.0385. The van der Waals surface area contributed by atoms with E-state index in [1.54, 1.807) is 24.4 Å². The summed E-state index contributed by atoms with van der Waals surface area (Å²) >= 11 is 0. The van der Waals surface area contributed by atoms with E-state index >= 15 is 0 Å². The summed E-state index contributed by atoms with van der Waals surface area (Å²) in [6, 6.07) is 5.11. The van der Waals surface area contributed by atoms with E-state index in [1.807, 2.05) is 0 Å². The van der Waals surface area contributed by atoms with Crippen molar-refractivity contribution in [2.24, 2.45) is 5.10 Å². The largest absolute Gasteiger partial charge is 0.504 e. The first-order chi connectivity index (χ1) is 9.79. The van der Waals surface area contributed by atoms with Crippen molar-refractivity contribution >= 4 is 6.21 Å². The molecule has 0 saturated carbocycles. The van der Waals surface area contributed by atoms with Gasteiger partial charge in [-0.05, 0) is 23.8 Å². The summed E-state index contributed by atoms with van der Waals surface area (Å²) in [6.07, 6.45) is 1.71. The van der Waals surface area contributed by atoms with Crippen molar-refractivity contribution < 1.29 is 14.6 Å². The maximum atomic E-state index is 9.49. The van der Waals surface area contributed by atoms with Gasteiger partial charge < -0.3 is 20.0 Å². The number of hydrazone groups is 1. The number of aromatic hydroxyl groups is 1. The molecule has 0 spiro atoms. The highest BCUT2D eigenvalue weighted by molar-refractivity contribution is 5.80. The van der Waals surface area contributed by atoms with Gasteiger partial charge in [-0.2, -0.15) is 5.10 Å². The molecule has 0 aliphatic carbocycles. The molecule has 2 N–H and O–H groups in total. The standard InChI is InChI=1S/C14H21N3O3/c1-19-14-10-12(2-3-13(14)18)11-16-15-4-5-17-6-8-20-9-7-17/h2-3,10-11,15,18H,4-9H2,1H3. The third-order valence-electron chi connectivity index (χ3n) is 3.15. The number of nitrogens with one attached hydrogen (secondary N) is 1. The third kappa shape index (κ3) is 4.40. The number of methoxy groups -OCH3 is 1. The second kappa shape index (κ2) is 7.72. The van der Waals surface area contributed by atoms with Crippen LogP contribution in [0.3, 0.4) is 0 Å². The van der Waals surface area contributed by atoms with Gasteiger partial charge in [0.2, 0.25) is 0 Å². The van der Waals surface area contributed by atoms with Gasteiger partial charge in [0.25, 0.3) is 0 Å². The van der Waals surface area contributed by atoms with Gasteiger partial charge in [0.05, 0.1) is 26.5 Å². The number of ether oxygens (including phenoxy) is 2. The molecule has 1 aromatic rings. The van der Waals surface area contributed by atoms with Crippen molar-refractivity contribution in [3.8, 4) is 11.5 Å². The average molecular weight is 279 g/mol. The Morgan fingerprint density at radius 2 is 2.25 bits per heavy atom. The lowest BCUT2D eigenvalue weighted by atomic mass is 10.2. The molecule has 0 atom stereocenters. The van der Waals surface area contributed by atoms with Crippen LogP contribution in [0, 0.1) is 0 Å². The molecule has 1 saturated heterocycles. The second-order valence-electron chi connectivity index (χ2n) is 4.55. The molecule has 0 amide bonds. The Kier molecular flexibility index (Phi) is 5.64. The first kappa shape index (κ1) is 14.6. The number of hydrogen-bond acceptors (Lipinski definition) is 6. The van der Waals surface area contributed by atoms with Crippen LogP contribution in [0.4, 0.5) is 0 Å². The predicted octanol–water partition coefficient (Wildman–Crippen LogP) is 0.657. The molecule has 1 aromatic carbocycles. The molecule has 2 rings (SSSR count). The highest BCUT2D eigenvalue weighted by atomic mass is 16.5. The van der Waals surface area contributed by atoms with Crippen molar-refractivity contribution in [3.63, 3.8) is 0 Å². The van der Waals surface area contributed by atoms with Crippen LogP contribution < -0.4 is 10.2 Å². The van der Waals surface area contributed by atoms with E-state index in [9.17, 15) is 5.11 Å². The van der Waals surface area contributed by atoms with Gasteiger partial charge in [0.15, 0.2) is 11.5 Å². The Balaban J connectivity index is 1.72. The monoisotopic (exact) mass is 279 g/mol. The summed E-state index contributed by atoms with van der Waals surface area (Å²) in [7, 11) is 1.52. The Labute approximate surface area is 119 Å². The number of phenols is 1. The molecule has 110 valence electrons. The second-order valence-corrected chi connectivity index (χ2v) is 4.55. The zero-order valence-corrected chi connectivity index (χ0v) is 11.7. The smallest absolute Gasteiger partial charge is 0.161 e. The molecule has 6 heteroatoms. The van der Waals surface area contributed by atoms with Crippen LogP contribution in [0.15, 0.2) is 23.3 Å². The van der Waals surface area contributed by atoms with Crippen molar-refractivity contribution in [2.75, 3.05) is 46.5 Å². The van der Waals surface area contributed by atoms with Gasteiger partial charge in [-0.1, -0.05) is 0 Å². The fourth-order valence-electron chi connectivity index (χ4n) is 1.99. The van der Waals surface area contributed by atoms with Crippen molar-refractivity contribution in [3.05, 3.63) is 23.8 Å². The predicted molar refractivity (Wildman–Crippen MR) is 77.5 cm³/mol. The van der Waals surface area contributed by atoms with Crippen LogP contribution in [0.5, 0.6) is 11.5 Å². The Bertz CT molecular complexity index is 445. The van der Waals surface area contributed by atoms with Gasteiger partial charge in [0.1, 0.15) is 0 Å². The van der Waals surface area contributed by atoms with Gasteiger partial charge in [-0.3, -0.25) is 4.90 Å². The fraction of sp³-hybridized carbons (Fsp3) is 0.500. The number of hydrogen-bond donors (Lipinski definition) is 2. The van der Waals surface area contributed by atoms with Crippen LogP contribution >= 0.6 is 0 Å². The van der Waals surface area contributed by atoms with Gasteiger partial charge in [0, 0.05) is 26.2 Å². The topological polar surface area (TPSA) is 66.3 Å². The molecular formula is C14H21N3O3. The Morgan fingerprint density at radius 1 is 1.45 bits per heavy atom. The summed E-state index contributed by atoms with van der Waals surface area (Å²) < 4.78 is 10.3. The summed E-state index contributed by atoms with van der Waals surface area (Å²) in [5.41, 5.74) is 3.89. The third-order valence-corrected chi connectivity index (χ3v) is 3.15. The summed E-state index contributed by atoms with van der Waals surface area (Å²) in [5, 5.41) is 13.6. The van der Waals surface area contributed by atoms with Crippen molar-refractivity contribution in [1.29, 1.82) is 0 Å². The molecule has 1 heterocycles. The normalized spacial score (nSPS) is 16.4. The quantitative estimate of drug-likeness (QED) is 0.455. The molecule has 6 nitrogen and oxygen atoms in total. The van der Waals surface area contributed by atoms with Crippen LogP contribution in [0.25, 0.3) is 0 Å². The number of nitrogens with zero attached hydrogens (tertiary/aromatic N) is 2. The van der Waals surface area contributed by atoms with Gasteiger partial charge >= 0.3 is 0 Å². The number of morpholine rings is 1. The minimum absolute atomic E-state index is 0.130. The Hall–Kier alpha value is -1.79. The van der Waals surface area contributed by atoms with Crippen molar-refractivity contribution in [2.45, 2.75) is 0 Å². The molecule has 1 aliphatic rings. The van der Waals surface area contributed by atoms with Crippen LogP contribution in [-0.4, -0.2) is 62.7 Å². The maximum absolute atomic E-state index is 9.49. The first-order valence-corrected chi connectivity index (χ1v) is 6.72. The molecule has 1 aliphatic heterocycles. The highest BCUT2D eigenvalue weighted by Gasteiger charge is 2.08. The molecule has 0 bridgehead atoms. The highest BCUT2D eigenvalue weighted by Crippen LogP contribution is 2.25. The lowest BCUT2D eigenvalue weighted by Gasteiger charge is -2.26. The van der Waals surface area contributed by atoms with Crippen LogP contribution in [0.1, 0.15) is 5.56 Å². The molecule has 1 fully saturated rings. The van der Waals surface area contributed by atoms with E-state index in [0.29, 0.717) is 5.75 Å². The summed E-state index contributed by atoms with van der Waals surface area (Å²) in [6.45, 7) is 5.36. The average Bonchev–Trinajstić information content (AvgIpc) is 2.49.